The first-order chi connectivity index (χ1) is 18.7. The molecular weight excluding hydrogens is 582 g/mol. The molecule has 6 nitrogen and oxygen atoms in total. The molecule has 2 N–H and O–H groups in total. The van der Waals surface area contributed by atoms with Crippen LogP contribution < -0.4 is 20.1 Å². The molecule has 4 rings (SSSR count). The van der Waals surface area contributed by atoms with E-state index in [0.29, 0.717) is 49.4 Å². The van der Waals surface area contributed by atoms with Gasteiger partial charge in [-0.05, 0) is 78.2 Å². The van der Waals surface area contributed by atoms with Crippen molar-refractivity contribution in [3.05, 3.63) is 116 Å². The quantitative estimate of drug-likeness (QED) is 0.193. The third-order valence-electron chi connectivity index (χ3n) is 5.39. The topological polar surface area (TPSA) is 76.7 Å². The molecular formula is C29H22Cl4N2O4. The first-order valence-corrected chi connectivity index (χ1v) is 13.2. The van der Waals surface area contributed by atoms with Crippen LogP contribution in [0.3, 0.4) is 0 Å². The molecule has 0 aliphatic rings. The Balaban J connectivity index is 1.22. The van der Waals surface area contributed by atoms with Gasteiger partial charge in [-0.25, -0.2) is 0 Å². The zero-order valence-corrected chi connectivity index (χ0v) is 23.4. The van der Waals surface area contributed by atoms with Gasteiger partial charge in [0.05, 0.1) is 10.0 Å². The molecule has 0 saturated carbocycles. The summed E-state index contributed by atoms with van der Waals surface area (Å²) in [6.45, 7) is -0.375. The van der Waals surface area contributed by atoms with Crippen molar-refractivity contribution in [3.63, 3.8) is 0 Å². The first-order valence-electron chi connectivity index (χ1n) is 11.7. The van der Waals surface area contributed by atoms with Crippen LogP contribution in [0.1, 0.15) is 11.1 Å². The molecule has 0 aromatic heterocycles. The van der Waals surface area contributed by atoms with E-state index in [2.05, 4.69) is 10.6 Å². The second-order valence-electron chi connectivity index (χ2n) is 8.39. The molecule has 39 heavy (non-hydrogen) atoms. The average molecular weight is 604 g/mol. The SMILES string of the molecule is O=C(COc1ccc(Cl)cc1Cl)Nc1ccc(Cc2ccc(NC(=O)COc3ccc(Cl)cc3Cl)cc2)cc1. The second kappa shape index (κ2) is 13.6. The van der Waals surface area contributed by atoms with E-state index in [1.807, 2.05) is 48.5 Å². The minimum absolute atomic E-state index is 0.188. The Hall–Kier alpha value is -3.42. The number of carbonyl (C=O) groups excluding carboxylic acids is 2. The van der Waals surface area contributed by atoms with Gasteiger partial charge >= 0.3 is 0 Å². The lowest BCUT2D eigenvalue weighted by Crippen LogP contribution is -2.20. The molecule has 200 valence electrons. The van der Waals surface area contributed by atoms with E-state index in [1.165, 1.54) is 0 Å². The molecule has 0 saturated heterocycles. The van der Waals surface area contributed by atoms with Crippen LogP contribution in [0.25, 0.3) is 0 Å². The number of benzene rings is 4. The highest BCUT2D eigenvalue weighted by molar-refractivity contribution is 6.36. The normalized spacial score (nSPS) is 10.6. The molecule has 0 fully saturated rings. The summed E-state index contributed by atoms with van der Waals surface area (Å²) in [4.78, 5) is 24.5. The maximum absolute atomic E-state index is 12.2. The number of ether oxygens (including phenoxy) is 2. The van der Waals surface area contributed by atoms with Crippen LogP contribution in [0, 0.1) is 0 Å². The number of nitrogens with one attached hydrogen (secondary N) is 2. The number of hydrogen-bond acceptors (Lipinski definition) is 4. The highest BCUT2D eigenvalue weighted by Gasteiger charge is 2.09. The fraction of sp³-hybridized carbons (Fsp3) is 0.103. The Morgan fingerprint density at radius 1 is 0.564 bits per heavy atom. The largest absolute Gasteiger partial charge is 0.482 e. The third kappa shape index (κ3) is 8.80. The van der Waals surface area contributed by atoms with Gasteiger partial charge in [0.25, 0.3) is 11.8 Å². The molecule has 0 heterocycles. The summed E-state index contributed by atoms with van der Waals surface area (Å²) in [5.74, 6) is 0.141. The van der Waals surface area contributed by atoms with E-state index in [-0.39, 0.29) is 25.0 Å². The second-order valence-corrected chi connectivity index (χ2v) is 10.1. The molecule has 0 unspecified atom stereocenters. The van der Waals surface area contributed by atoms with Gasteiger partial charge in [0.1, 0.15) is 11.5 Å². The maximum Gasteiger partial charge on any atom is 0.262 e. The summed E-state index contributed by atoms with van der Waals surface area (Å²) in [6, 6.07) is 24.6. The highest BCUT2D eigenvalue weighted by Crippen LogP contribution is 2.28. The molecule has 0 radical (unpaired) electrons. The van der Waals surface area contributed by atoms with Gasteiger partial charge in [0.2, 0.25) is 0 Å². The zero-order chi connectivity index (χ0) is 27.8. The van der Waals surface area contributed by atoms with Crippen molar-refractivity contribution in [2.24, 2.45) is 0 Å². The van der Waals surface area contributed by atoms with Gasteiger partial charge in [-0.1, -0.05) is 70.7 Å². The number of hydrogen-bond donors (Lipinski definition) is 2. The van der Waals surface area contributed by atoms with E-state index < -0.39 is 0 Å². The average Bonchev–Trinajstić information content (AvgIpc) is 2.90. The van der Waals surface area contributed by atoms with Crippen LogP contribution in [0.5, 0.6) is 11.5 Å². The van der Waals surface area contributed by atoms with Crippen LogP contribution in [0.4, 0.5) is 11.4 Å². The smallest absolute Gasteiger partial charge is 0.262 e. The van der Waals surface area contributed by atoms with Gasteiger partial charge in [-0.2, -0.15) is 0 Å². The molecule has 0 aliphatic heterocycles. The Morgan fingerprint density at radius 3 is 1.31 bits per heavy atom. The molecule has 4 aromatic rings. The maximum atomic E-state index is 12.2. The summed E-state index contributed by atoms with van der Waals surface area (Å²) >= 11 is 23.8. The van der Waals surface area contributed by atoms with Crippen molar-refractivity contribution in [1.82, 2.24) is 0 Å². The van der Waals surface area contributed by atoms with Crippen LogP contribution in [-0.4, -0.2) is 25.0 Å². The zero-order valence-electron chi connectivity index (χ0n) is 20.3. The summed E-state index contributed by atoms with van der Waals surface area (Å²) in [6.07, 6.45) is 0.679. The molecule has 0 atom stereocenters. The van der Waals surface area contributed by atoms with E-state index >= 15 is 0 Å². The Kier molecular flexibility index (Phi) is 9.96. The predicted octanol–water partition coefficient (Wildman–Crippen LogP) is 7.93. The van der Waals surface area contributed by atoms with Crippen LogP contribution in [-0.2, 0) is 16.0 Å². The number of amides is 2. The fourth-order valence-corrected chi connectivity index (χ4v) is 4.44. The monoisotopic (exact) mass is 602 g/mol. The van der Waals surface area contributed by atoms with Crippen molar-refractivity contribution in [3.8, 4) is 11.5 Å². The lowest BCUT2D eigenvalue weighted by atomic mass is 10.0. The number of anilines is 2. The molecule has 0 spiro atoms. The van der Waals surface area contributed by atoms with Crippen molar-refractivity contribution in [1.29, 1.82) is 0 Å². The van der Waals surface area contributed by atoms with Gasteiger partial charge < -0.3 is 20.1 Å². The summed E-state index contributed by atoms with van der Waals surface area (Å²) < 4.78 is 10.9. The molecule has 10 heteroatoms. The molecule has 0 bridgehead atoms. The van der Waals surface area contributed by atoms with Crippen LogP contribution in [0.2, 0.25) is 20.1 Å². The fourth-order valence-electron chi connectivity index (χ4n) is 3.51. The van der Waals surface area contributed by atoms with Gasteiger partial charge in [-0.3, -0.25) is 9.59 Å². The lowest BCUT2D eigenvalue weighted by Gasteiger charge is -2.10. The van der Waals surface area contributed by atoms with E-state index in [0.717, 1.165) is 11.1 Å². The van der Waals surface area contributed by atoms with Crippen LogP contribution in [0.15, 0.2) is 84.9 Å². The van der Waals surface area contributed by atoms with Crippen molar-refractivity contribution >= 4 is 69.6 Å². The summed E-state index contributed by atoms with van der Waals surface area (Å²) in [5.41, 5.74) is 3.41. The Morgan fingerprint density at radius 2 is 0.949 bits per heavy atom. The lowest BCUT2D eigenvalue weighted by molar-refractivity contribution is -0.118. The van der Waals surface area contributed by atoms with Crippen molar-refractivity contribution < 1.29 is 19.1 Å². The standard InChI is InChI=1S/C29H22Cl4N2O4/c30-20-5-11-26(24(32)14-20)38-16-28(36)34-22-7-1-18(2-8-22)13-19-3-9-23(10-4-19)35-29(37)17-39-27-12-6-21(31)15-25(27)33/h1-12,14-15H,13,16-17H2,(H,34,36)(H,35,37). The van der Waals surface area contributed by atoms with E-state index in [1.54, 1.807) is 36.4 Å². The van der Waals surface area contributed by atoms with Crippen LogP contribution >= 0.6 is 46.4 Å². The molecule has 0 aliphatic carbocycles. The van der Waals surface area contributed by atoms with Crippen molar-refractivity contribution in [2.45, 2.75) is 6.42 Å². The predicted molar refractivity (Wildman–Crippen MR) is 157 cm³/mol. The Labute approximate surface area is 245 Å². The first kappa shape index (κ1) is 28.6. The van der Waals surface area contributed by atoms with E-state index in [4.69, 9.17) is 55.9 Å². The highest BCUT2D eigenvalue weighted by atomic mass is 35.5. The van der Waals surface area contributed by atoms with Gasteiger partial charge in [-0.15, -0.1) is 0 Å². The number of carbonyl (C=O) groups is 2. The summed E-state index contributed by atoms with van der Waals surface area (Å²) in [7, 11) is 0. The van der Waals surface area contributed by atoms with Gasteiger partial charge in [0.15, 0.2) is 13.2 Å². The summed E-state index contributed by atoms with van der Waals surface area (Å²) in [5, 5.41) is 7.23. The van der Waals surface area contributed by atoms with E-state index in [9.17, 15) is 9.59 Å². The molecule has 4 aromatic carbocycles. The third-order valence-corrected chi connectivity index (χ3v) is 6.45. The van der Waals surface area contributed by atoms with Crippen molar-refractivity contribution in [2.75, 3.05) is 23.8 Å². The number of halogens is 4. The number of rotatable bonds is 10. The van der Waals surface area contributed by atoms with Gasteiger partial charge in [0, 0.05) is 21.4 Å². The minimum Gasteiger partial charge on any atom is -0.482 e. The minimum atomic E-state index is -0.312. The Bertz CT molecular complexity index is 1350. The molecule has 2 amide bonds.